The largest absolute Gasteiger partial charge is 0.471 e. The van der Waals surface area contributed by atoms with Gasteiger partial charge in [0.1, 0.15) is 6.10 Å². The molecule has 2 unspecified atom stereocenters. The average Bonchev–Trinajstić information content (AvgIpc) is 2.55. The third-order valence-corrected chi connectivity index (χ3v) is 5.62. The number of aliphatic hydroxyl groups is 1. The number of hydrogen-bond donors (Lipinski definition) is 4. The Morgan fingerprint density at radius 2 is 1.74 bits per heavy atom. The second-order valence-corrected chi connectivity index (χ2v) is 11.1. The lowest BCUT2D eigenvalue weighted by molar-refractivity contribution is -0.137. The molecule has 9 nitrogen and oxygen atoms in total. The average molecular weight is 428 g/mol. The van der Waals surface area contributed by atoms with Crippen molar-refractivity contribution in [3.05, 3.63) is 0 Å². The molecule has 0 bridgehead atoms. The van der Waals surface area contributed by atoms with Crippen LogP contribution in [-0.4, -0.2) is 65.2 Å². The summed E-state index contributed by atoms with van der Waals surface area (Å²) in [6, 6.07) is 0. The van der Waals surface area contributed by atoms with Crippen LogP contribution in [0.4, 0.5) is 0 Å². The monoisotopic (exact) mass is 428 g/mol. The highest BCUT2D eigenvalue weighted by Crippen LogP contribution is 2.43. The van der Waals surface area contributed by atoms with Gasteiger partial charge in [0, 0.05) is 42.5 Å². The number of hydrogen-bond acceptors (Lipinski definition) is 7. The van der Waals surface area contributed by atoms with Gasteiger partial charge in [-0.25, -0.2) is 4.57 Å². The number of rotatable bonds is 12. The first kappa shape index (κ1) is 26.4. The topological polar surface area (TPSA) is 134 Å². The molecule has 160 valence electrons. The lowest BCUT2D eigenvalue weighted by atomic mass is 9.87. The summed E-state index contributed by atoms with van der Waals surface area (Å²) in [7, 11) is -3.18. The Morgan fingerprint density at radius 3 is 2.26 bits per heavy atom. The van der Waals surface area contributed by atoms with Gasteiger partial charge in [-0.05, 0) is 0 Å². The molecule has 4 N–H and O–H groups in total. The summed E-state index contributed by atoms with van der Waals surface area (Å²) in [5.41, 5.74) is -1.13. The highest BCUT2D eigenvalue weighted by molar-refractivity contribution is 8.00. The molecule has 0 fully saturated rings. The predicted octanol–water partition coefficient (Wildman–Crippen LogP) is 1.29. The maximum Gasteiger partial charge on any atom is 0.471 e. The standard InChI is InChI=1S/C16H33N2O7PS/c1-15(2,3)27-10-9-17-12(19)7-8-18-14(21)13(20)16(4,5)11-25-26(22,23)24-6/h13,20H,7-11H2,1-6H3,(H,17,19)(H,18,21)(H,22,23). The molecule has 0 spiro atoms. The van der Waals surface area contributed by atoms with Crippen molar-refractivity contribution >= 4 is 31.4 Å². The number of carbonyl (C=O) groups is 2. The molecule has 2 atom stereocenters. The van der Waals surface area contributed by atoms with Gasteiger partial charge in [0.2, 0.25) is 11.8 Å². The molecule has 0 saturated carbocycles. The van der Waals surface area contributed by atoms with E-state index >= 15 is 0 Å². The van der Waals surface area contributed by atoms with E-state index in [9.17, 15) is 24.2 Å². The lowest BCUT2D eigenvalue weighted by Gasteiger charge is -2.29. The van der Waals surface area contributed by atoms with E-state index in [0.29, 0.717) is 6.54 Å². The summed E-state index contributed by atoms with van der Waals surface area (Å²) in [5.74, 6) is -0.0851. The van der Waals surface area contributed by atoms with Gasteiger partial charge >= 0.3 is 7.82 Å². The van der Waals surface area contributed by atoms with Gasteiger partial charge in [-0.3, -0.25) is 18.6 Å². The van der Waals surface area contributed by atoms with Gasteiger partial charge in [-0.1, -0.05) is 34.6 Å². The number of nitrogens with one attached hydrogen (secondary N) is 2. The fraction of sp³-hybridized carbons (Fsp3) is 0.875. The molecule has 0 aromatic heterocycles. The quantitative estimate of drug-likeness (QED) is 0.270. The van der Waals surface area contributed by atoms with Gasteiger partial charge in [0.15, 0.2) is 0 Å². The Balaban J connectivity index is 4.18. The smallest absolute Gasteiger partial charge is 0.383 e. The molecular formula is C16H33N2O7PS. The van der Waals surface area contributed by atoms with Gasteiger partial charge in [0.05, 0.1) is 6.61 Å². The zero-order chi connectivity index (χ0) is 21.3. The number of carbonyl (C=O) groups excluding carboxylic acids is 2. The summed E-state index contributed by atoms with van der Waals surface area (Å²) in [5, 5.41) is 15.4. The first-order valence-corrected chi connectivity index (χ1v) is 11.1. The summed E-state index contributed by atoms with van der Waals surface area (Å²) in [4.78, 5) is 33.0. The summed E-state index contributed by atoms with van der Waals surface area (Å²) >= 11 is 1.74. The van der Waals surface area contributed by atoms with Gasteiger partial charge < -0.3 is 20.6 Å². The number of phosphoric acid groups is 1. The Morgan fingerprint density at radius 1 is 1.15 bits per heavy atom. The SMILES string of the molecule is COP(=O)(O)OCC(C)(C)C(O)C(=O)NCCC(=O)NCCSC(C)(C)C. The maximum atomic E-state index is 12.0. The fourth-order valence-electron chi connectivity index (χ4n) is 1.77. The number of thioether (sulfide) groups is 1. The van der Waals surface area contributed by atoms with Crippen molar-refractivity contribution in [2.24, 2.45) is 5.41 Å². The Hall–Kier alpha value is -0.640. The van der Waals surface area contributed by atoms with Crippen molar-refractivity contribution < 1.29 is 33.2 Å². The van der Waals surface area contributed by atoms with E-state index in [1.165, 1.54) is 13.8 Å². The molecule has 0 saturated heterocycles. The first-order valence-electron chi connectivity index (χ1n) is 8.60. The van der Waals surface area contributed by atoms with Crippen molar-refractivity contribution in [1.82, 2.24) is 10.6 Å². The highest BCUT2D eigenvalue weighted by Gasteiger charge is 2.36. The summed E-state index contributed by atoms with van der Waals surface area (Å²) < 4.78 is 20.5. The second-order valence-electron chi connectivity index (χ2n) is 7.67. The molecule has 11 heteroatoms. The zero-order valence-corrected chi connectivity index (χ0v) is 18.6. The van der Waals surface area contributed by atoms with E-state index in [1.54, 1.807) is 11.8 Å². The Labute approximate surface area is 165 Å². The molecule has 0 aliphatic carbocycles. The van der Waals surface area contributed by atoms with Crippen LogP contribution >= 0.6 is 19.6 Å². The highest BCUT2D eigenvalue weighted by atomic mass is 32.2. The fourth-order valence-corrected chi connectivity index (χ4v) is 3.18. The van der Waals surface area contributed by atoms with Crippen molar-refractivity contribution in [3.8, 4) is 0 Å². The molecular weight excluding hydrogens is 395 g/mol. The van der Waals surface area contributed by atoms with Crippen LogP contribution in [-0.2, 0) is 23.2 Å². The minimum Gasteiger partial charge on any atom is -0.383 e. The van der Waals surface area contributed by atoms with E-state index in [1.807, 2.05) is 0 Å². The molecule has 27 heavy (non-hydrogen) atoms. The molecule has 0 rings (SSSR count). The third-order valence-electron chi connectivity index (χ3n) is 3.43. The van der Waals surface area contributed by atoms with Crippen molar-refractivity contribution in [2.45, 2.75) is 51.9 Å². The number of aliphatic hydroxyl groups excluding tert-OH is 1. The predicted molar refractivity (Wildman–Crippen MR) is 105 cm³/mol. The lowest BCUT2D eigenvalue weighted by Crippen LogP contribution is -2.46. The molecule has 0 aliphatic rings. The van der Waals surface area contributed by atoms with Gasteiger partial charge in [-0.15, -0.1) is 0 Å². The van der Waals surface area contributed by atoms with Crippen LogP contribution in [0.25, 0.3) is 0 Å². The summed E-state index contributed by atoms with van der Waals surface area (Å²) in [6.07, 6.45) is -1.40. The van der Waals surface area contributed by atoms with Crippen LogP contribution in [0.15, 0.2) is 0 Å². The minimum absolute atomic E-state index is 0.0711. The molecule has 0 heterocycles. The molecule has 0 aromatic carbocycles. The maximum absolute atomic E-state index is 12.0. The third kappa shape index (κ3) is 12.4. The van der Waals surface area contributed by atoms with Crippen LogP contribution < -0.4 is 10.6 Å². The van der Waals surface area contributed by atoms with Crippen LogP contribution in [0.2, 0.25) is 0 Å². The van der Waals surface area contributed by atoms with E-state index < -0.39 is 25.2 Å². The van der Waals surface area contributed by atoms with Crippen molar-refractivity contribution in [2.75, 3.05) is 32.6 Å². The van der Waals surface area contributed by atoms with Crippen molar-refractivity contribution in [3.63, 3.8) is 0 Å². The van der Waals surface area contributed by atoms with E-state index in [-0.39, 0.29) is 30.2 Å². The minimum atomic E-state index is -4.20. The zero-order valence-electron chi connectivity index (χ0n) is 16.9. The Bertz CT molecular complexity index is 537. The van der Waals surface area contributed by atoms with Crippen LogP contribution in [0.5, 0.6) is 0 Å². The number of phosphoric ester groups is 1. The van der Waals surface area contributed by atoms with Crippen LogP contribution in [0, 0.1) is 5.41 Å². The van der Waals surface area contributed by atoms with E-state index in [4.69, 9.17) is 4.52 Å². The molecule has 0 aliphatic heterocycles. The van der Waals surface area contributed by atoms with Crippen LogP contribution in [0.1, 0.15) is 41.0 Å². The summed E-state index contributed by atoms with van der Waals surface area (Å²) in [6.45, 7) is 9.56. The molecule has 0 aromatic rings. The second kappa shape index (κ2) is 11.4. The van der Waals surface area contributed by atoms with Gasteiger partial charge in [0.25, 0.3) is 0 Å². The molecule has 2 amide bonds. The van der Waals surface area contributed by atoms with Crippen LogP contribution in [0.3, 0.4) is 0 Å². The first-order chi connectivity index (χ1) is 12.2. The normalized spacial score (nSPS) is 15.7. The molecule has 0 radical (unpaired) electrons. The Kier molecular flexibility index (Phi) is 11.1. The number of amides is 2. The van der Waals surface area contributed by atoms with Gasteiger partial charge in [-0.2, -0.15) is 11.8 Å². The van der Waals surface area contributed by atoms with E-state index in [2.05, 4.69) is 35.9 Å². The van der Waals surface area contributed by atoms with Crippen molar-refractivity contribution in [1.29, 1.82) is 0 Å². The van der Waals surface area contributed by atoms with E-state index in [0.717, 1.165) is 12.9 Å².